The highest BCUT2D eigenvalue weighted by molar-refractivity contribution is 6.28. The topological polar surface area (TPSA) is 41.9 Å². The van der Waals surface area contributed by atoms with Crippen molar-refractivity contribution >= 4 is 17.4 Å². The van der Waals surface area contributed by atoms with E-state index in [-0.39, 0.29) is 5.28 Å². The summed E-state index contributed by atoms with van der Waals surface area (Å²) in [5.74, 6) is 0.856. The monoisotopic (exact) mass is 212 g/mol. The number of hydrogen-bond donors (Lipinski definition) is 0. The van der Waals surface area contributed by atoms with Crippen LogP contribution in [0, 0.1) is 0 Å². The lowest BCUT2D eigenvalue weighted by molar-refractivity contribution is 0.638. The summed E-state index contributed by atoms with van der Waals surface area (Å²) in [5.41, 5.74) is 0. The molecule has 1 aliphatic heterocycles. The average molecular weight is 213 g/mol. The lowest BCUT2D eigenvalue weighted by Crippen LogP contribution is -2.29. The second-order valence-corrected chi connectivity index (χ2v) is 3.82. The van der Waals surface area contributed by atoms with Gasteiger partial charge in [-0.1, -0.05) is 6.92 Å². The summed E-state index contributed by atoms with van der Waals surface area (Å²) in [6.07, 6.45) is 5.28. The fourth-order valence-corrected chi connectivity index (χ4v) is 2.10. The molecular formula is C9H13ClN4. The Balaban J connectivity index is 2.21. The molecule has 5 heteroatoms. The van der Waals surface area contributed by atoms with E-state index in [1.54, 1.807) is 6.20 Å². The molecule has 4 nitrogen and oxygen atoms in total. The number of nitrogens with zero attached hydrogens (tertiary/aromatic N) is 4. The molecule has 0 radical (unpaired) electrons. The first-order valence-corrected chi connectivity index (χ1v) is 5.31. The van der Waals surface area contributed by atoms with Gasteiger partial charge in [-0.05, 0) is 30.9 Å². The van der Waals surface area contributed by atoms with Crippen molar-refractivity contribution < 1.29 is 0 Å². The molecule has 0 N–H and O–H groups in total. The van der Waals surface area contributed by atoms with E-state index in [9.17, 15) is 0 Å². The van der Waals surface area contributed by atoms with Crippen LogP contribution in [0.1, 0.15) is 26.2 Å². The maximum Gasteiger partial charge on any atom is 0.244 e. The molecule has 0 saturated carbocycles. The summed E-state index contributed by atoms with van der Waals surface area (Å²) >= 11 is 5.70. The number of halogens is 1. The maximum absolute atomic E-state index is 5.70. The van der Waals surface area contributed by atoms with E-state index in [2.05, 4.69) is 27.0 Å². The molecule has 1 aliphatic rings. The first-order chi connectivity index (χ1) is 6.81. The van der Waals surface area contributed by atoms with Gasteiger partial charge in [0, 0.05) is 12.6 Å². The summed E-state index contributed by atoms with van der Waals surface area (Å²) in [5, 5.41) is 7.68. The lowest BCUT2D eigenvalue weighted by atomic mass is 10.2. The molecule has 14 heavy (non-hydrogen) atoms. The van der Waals surface area contributed by atoms with Crippen LogP contribution in [0.5, 0.6) is 0 Å². The second kappa shape index (κ2) is 4.09. The number of anilines is 1. The van der Waals surface area contributed by atoms with Gasteiger partial charge in [0.2, 0.25) is 5.28 Å². The molecule has 1 fully saturated rings. The highest BCUT2D eigenvalue weighted by atomic mass is 35.5. The van der Waals surface area contributed by atoms with Gasteiger partial charge in [-0.15, -0.1) is 5.10 Å². The number of rotatable bonds is 2. The molecular weight excluding hydrogens is 200 g/mol. The molecule has 1 aromatic heterocycles. The van der Waals surface area contributed by atoms with Crippen molar-refractivity contribution in [1.29, 1.82) is 0 Å². The van der Waals surface area contributed by atoms with Crippen LogP contribution < -0.4 is 4.90 Å². The zero-order chi connectivity index (χ0) is 9.97. The van der Waals surface area contributed by atoms with Crippen molar-refractivity contribution in [2.75, 3.05) is 11.4 Å². The summed E-state index contributed by atoms with van der Waals surface area (Å²) in [4.78, 5) is 6.44. The van der Waals surface area contributed by atoms with Crippen molar-refractivity contribution in [3.63, 3.8) is 0 Å². The fourth-order valence-electron chi connectivity index (χ4n) is 1.97. The van der Waals surface area contributed by atoms with Crippen LogP contribution in [0.25, 0.3) is 0 Å². The standard InChI is InChI=1S/C9H13ClN4/c1-2-7-4-3-5-14(7)8-6-11-13-9(10)12-8/h6-7H,2-5H2,1H3. The molecule has 76 valence electrons. The molecule has 1 aromatic rings. The van der Waals surface area contributed by atoms with E-state index in [1.807, 2.05) is 0 Å². The van der Waals surface area contributed by atoms with Crippen LogP contribution in [0.3, 0.4) is 0 Å². The molecule has 0 aliphatic carbocycles. The van der Waals surface area contributed by atoms with Crippen molar-refractivity contribution in [3.05, 3.63) is 11.5 Å². The zero-order valence-corrected chi connectivity index (χ0v) is 8.91. The third kappa shape index (κ3) is 1.80. The minimum absolute atomic E-state index is 0.226. The van der Waals surface area contributed by atoms with Gasteiger partial charge in [0.25, 0.3) is 0 Å². The summed E-state index contributed by atoms with van der Waals surface area (Å²) in [6.45, 7) is 3.24. The molecule has 0 spiro atoms. The van der Waals surface area contributed by atoms with Crippen LogP contribution in [0.15, 0.2) is 6.20 Å². The molecule has 2 rings (SSSR count). The third-order valence-corrected chi connectivity index (χ3v) is 2.82. The van der Waals surface area contributed by atoms with Crippen LogP contribution in [-0.2, 0) is 0 Å². The predicted octanol–water partition coefficient (Wildman–Crippen LogP) is 1.90. The van der Waals surface area contributed by atoms with Crippen molar-refractivity contribution in [3.8, 4) is 0 Å². The van der Waals surface area contributed by atoms with E-state index >= 15 is 0 Å². The van der Waals surface area contributed by atoms with E-state index < -0.39 is 0 Å². The smallest absolute Gasteiger partial charge is 0.244 e. The SMILES string of the molecule is CCC1CCCN1c1cnnc(Cl)n1. The Labute approximate surface area is 88.3 Å². The van der Waals surface area contributed by atoms with Crippen LogP contribution in [0.4, 0.5) is 5.82 Å². The first kappa shape index (κ1) is 9.65. The van der Waals surface area contributed by atoms with E-state index in [0.29, 0.717) is 6.04 Å². The molecule has 1 unspecified atom stereocenters. The van der Waals surface area contributed by atoms with Crippen LogP contribution >= 0.6 is 11.6 Å². The van der Waals surface area contributed by atoms with Gasteiger partial charge in [0.15, 0.2) is 5.82 Å². The summed E-state index contributed by atoms with van der Waals surface area (Å²) < 4.78 is 0. The van der Waals surface area contributed by atoms with E-state index in [1.165, 1.54) is 12.8 Å². The Morgan fingerprint density at radius 1 is 1.64 bits per heavy atom. The normalized spacial score (nSPS) is 21.6. The van der Waals surface area contributed by atoms with E-state index in [4.69, 9.17) is 11.6 Å². The van der Waals surface area contributed by atoms with Gasteiger partial charge >= 0.3 is 0 Å². The largest absolute Gasteiger partial charge is 0.352 e. The van der Waals surface area contributed by atoms with Crippen LogP contribution in [0.2, 0.25) is 5.28 Å². The lowest BCUT2D eigenvalue weighted by Gasteiger charge is -2.23. The third-order valence-electron chi connectivity index (χ3n) is 2.66. The highest BCUT2D eigenvalue weighted by Gasteiger charge is 2.24. The van der Waals surface area contributed by atoms with Crippen molar-refractivity contribution in [2.24, 2.45) is 0 Å². The van der Waals surface area contributed by atoms with Gasteiger partial charge in [-0.2, -0.15) is 10.1 Å². The van der Waals surface area contributed by atoms with Crippen LogP contribution in [-0.4, -0.2) is 27.8 Å². The Hall–Kier alpha value is -0.900. The molecule has 0 bridgehead atoms. The molecule has 0 aromatic carbocycles. The first-order valence-electron chi connectivity index (χ1n) is 4.93. The maximum atomic E-state index is 5.70. The van der Waals surface area contributed by atoms with Gasteiger partial charge in [-0.3, -0.25) is 0 Å². The Morgan fingerprint density at radius 2 is 2.50 bits per heavy atom. The Morgan fingerprint density at radius 3 is 3.21 bits per heavy atom. The predicted molar refractivity (Wildman–Crippen MR) is 55.5 cm³/mol. The van der Waals surface area contributed by atoms with Crippen molar-refractivity contribution in [2.45, 2.75) is 32.2 Å². The number of aromatic nitrogens is 3. The van der Waals surface area contributed by atoms with Gasteiger partial charge in [0.1, 0.15) is 0 Å². The van der Waals surface area contributed by atoms with Gasteiger partial charge < -0.3 is 4.90 Å². The fraction of sp³-hybridized carbons (Fsp3) is 0.667. The average Bonchev–Trinajstić information content (AvgIpc) is 2.65. The zero-order valence-electron chi connectivity index (χ0n) is 8.15. The van der Waals surface area contributed by atoms with Gasteiger partial charge in [-0.25, -0.2) is 0 Å². The molecule has 2 heterocycles. The minimum atomic E-state index is 0.226. The highest BCUT2D eigenvalue weighted by Crippen LogP contribution is 2.25. The molecule has 1 saturated heterocycles. The van der Waals surface area contributed by atoms with Gasteiger partial charge in [0.05, 0.1) is 6.20 Å². The quantitative estimate of drug-likeness (QED) is 0.751. The summed E-state index contributed by atoms with van der Waals surface area (Å²) in [7, 11) is 0. The van der Waals surface area contributed by atoms with E-state index in [0.717, 1.165) is 18.8 Å². The Bertz CT molecular complexity index is 317. The Kier molecular flexibility index (Phi) is 2.82. The molecule has 0 amide bonds. The second-order valence-electron chi connectivity index (χ2n) is 3.48. The van der Waals surface area contributed by atoms with Crippen molar-refractivity contribution in [1.82, 2.24) is 15.2 Å². The minimum Gasteiger partial charge on any atom is -0.352 e. The number of hydrogen-bond acceptors (Lipinski definition) is 4. The summed E-state index contributed by atoms with van der Waals surface area (Å²) in [6, 6.07) is 0.586. The molecule has 1 atom stereocenters.